The van der Waals surface area contributed by atoms with E-state index in [0.717, 1.165) is 0 Å². The largest absolute Gasteiger partial charge is 0.277 e. The number of aliphatic imine (C=N–C) groups is 1. The standard InChI is InChI=1S/C19H21N/c1-4-15-20-19(16(2)3,17-11-7-5-8-12-17)18-13-9-6-10-14-18/h4-16H,1H2,2-3H3. The summed E-state index contributed by atoms with van der Waals surface area (Å²) in [6, 6.07) is 20.9. The second-order valence-electron chi connectivity index (χ2n) is 5.17. The molecular formula is C19H21N. The van der Waals surface area contributed by atoms with E-state index in [1.54, 1.807) is 12.3 Å². The van der Waals surface area contributed by atoms with Crippen molar-refractivity contribution in [2.45, 2.75) is 19.4 Å². The van der Waals surface area contributed by atoms with Crippen molar-refractivity contribution >= 4 is 6.21 Å². The van der Waals surface area contributed by atoms with Gasteiger partial charge in [0.1, 0.15) is 5.54 Å². The lowest BCUT2D eigenvalue weighted by Gasteiger charge is -2.35. The zero-order valence-corrected chi connectivity index (χ0v) is 12.2. The maximum absolute atomic E-state index is 4.87. The van der Waals surface area contributed by atoms with E-state index in [2.05, 4.69) is 69.0 Å². The van der Waals surface area contributed by atoms with Crippen LogP contribution in [0, 0.1) is 5.92 Å². The van der Waals surface area contributed by atoms with Crippen LogP contribution in [0.4, 0.5) is 0 Å². The van der Waals surface area contributed by atoms with Gasteiger partial charge in [-0.15, -0.1) is 0 Å². The van der Waals surface area contributed by atoms with Crippen LogP contribution in [0.5, 0.6) is 0 Å². The summed E-state index contributed by atoms with van der Waals surface area (Å²) in [4.78, 5) is 4.87. The van der Waals surface area contributed by atoms with E-state index in [9.17, 15) is 0 Å². The molecule has 20 heavy (non-hydrogen) atoms. The van der Waals surface area contributed by atoms with E-state index in [1.165, 1.54) is 11.1 Å². The highest BCUT2D eigenvalue weighted by Crippen LogP contribution is 2.40. The van der Waals surface area contributed by atoms with Gasteiger partial charge in [-0.05, 0) is 17.0 Å². The predicted molar refractivity (Wildman–Crippen MR) is 87.2 cm³/mol. The molecule has 0 radical (unpaired) electrons. The maximum atomic E-state index is 4.87. The summed E-state index contributed by atoms with van der Waals surface area (Å²) in [5, 5.41) is 0. The van der Waals surface area contributed by atoms with Gasteiger partial charge < -0.3 is 0 Å². The van der Waals surface area contributed by atoms with Gasteiger partial charge in [-0.3, -0.25) is 4.99 Å². The smallest absolute Gasteiger partial charge is 0.113 e. The van der Waals surface area contributed by atoms with Gasteiger partial charge in [-0.25, -0.2) is 0 Å². The number of allylic oxidation sites excluding steroid dienone is 1. The van der Waals surface area contributed by atoms with Crippen LogP contribution in [0.15, 0.2) is 78.3 Å². The minimum absolute atomic E-state index is 0.337. The van der Waals surface area contributed by atoms with E-state index < -0.39 is 0 Å². The molecule has 0 bridgehead atoms. The van der Waals surface area contributed by atoms with Crippen molar-refractivity contribution in [3.8, 4) is 0 Å². The van der Waals surface area contributed by atoms with Gasteiger partial charge >= 0.3 is 0 Å². The average molecular weight is 263 g/mol. The first-order valence-electron chi connectivity index (χ1n) is 6.99. The molecule has 0 aromatic heterocycles. The second kappa shape index (κ2) is 6.33. The van der Waals surface area contributed by atoms with Gasteiger partial charge in [0, 0.05) is 6.21 Å². The summed E-state index contributed by atoms with van der Waals surface area (Å²) in [6.45, 7) is 8.18. The Morgan fingerprint density at radius 1 is 0.900 bits per heavy atom. The Morgan fingerprint density at radius 3 is 1.70 bits per heavy atom. The van der Waals surface area contributed by atoms with Gasteiger partial charge in [0.05, 0.1) is 0 Å². The Labute approximate surface area is 121 Å². The van der Waals surface area contributed by atoms with Crippen molar-refractivity contribution < 1.29 is 0 Å². The highest BCUT2D eigenvalue weighted by Gasteiger charge is 2.36. The molecule has 0 atom stereocenters. The molecule has 0 fully saturated rings. The monoisotopic (exact) mass is 263 g/mol. The van der Waals surface area contributed by atoms with Gasteiger partial charge in [-0.2, -0.15) is 0 Å². The lowest BCUT2D eigenvalue weighted by Crippen LogP contribution is -2.31. The SMILES string of the molecule is C=CC=NC(c1ccccc1)(c1ccccc1)C(C)C. The third-order valence-electron chi connectivity index (χ3n) is 3.65. The van der Waals surface area contributed by atoms with Crippen LogP contribution in [0.1, 0.15) is 25.0 Å². The lowest BCUT2D eigenvalue weighted by atomic mass is 9.75. The van der Waals surface area contributed by atoms with Gasteiger partial charge in [0.25, 0.3) is 0 Å². The first kappa shape index (κ1) is 14.3. The molecule has 0 saturated heterocycles. The molecule has 1 heteroatoms. The zero-order chi connectivity index (χ0) is 14.4. The van der Waals surface area contributed by atoms with Crippen LogP contribution in [-0.2, 0) is 5.54 Å². The molecule has 0 N–H and O–H groups in total. The third kappa shape index (κ3) is 2.57. The summed E-state index contributed by atoms with van der Waals surface area (Å²) in [5.74, 6) is 0.337. The van der Waals surface area contributed by atoms with E-state index in [-0.39, 0.29) is 5.54 Å². The summed E-state index contributed by atoms with van der Waals surface area (Å²) >= 11 is 0. The average Bonchev–Trinajstić information content (AvgIpc) is 2.50. The van der Waals surface area contributed by atoms with Crippen molar-refractivity contribution in [1.82, 2.24) is 0 Å². The summed E-state index contributed by atoms with van der Waals surface area (Å²) in [5.41, 5.74) is 2.05. The summed E-state index contributed by atoms with van der Waals surface area (Å²) < 4.78 is 0. The van der Waals surface area contributed by atoms with E-state index in [1.807, 2.05) is 12.1 Å². The lowest BCUT2D eigenvalue weighted by molar-refractivity contribution is 0.388. The van der Waals surface area contributed by atoms with Gasteiger partial charge in [-0.1, -0.05) is 87.2 Å². The van der Waals surface area contributed by atoms with E-state index >= 15 is 0 Å². The number of hydrogen-bond donors (Lipinski definition) is 0. The molecule has 1 nitrogen and oxygen atoms in total. The molecule has 0 amide bonds. The highest BCUT2D eigenvalue weighted by atomic mass is 14.9. The van der Waals surface area contributed by atoms with Crippen LogP contribution < -0.4 is 0 Å². The Balaban J connectivity index is 2.69. The first-order chi connectivity index (χ1) is 9.71. The molecular weight excluding hydrogens is 242 g/mol. The molecule has 0 spiro atoms. The Bertz CT molecular complexity index is 528. The van der Waals surface area contributed by atoms with Crippen LogP contribution >= 0.6 is 0 Å². The predicted octanol–water partition coefficient (Wildman–Crippen LogP) is 4.84. The molecule has 2 aromatic carbocycles. The van der Waals surface area contributed by atoms with E-state index in [0.29, 0.717) is 5.92 Å². The van der Waals surface area contributed by atoms with E-state index in [4.69, 9.17) is 4.99 Å². The van der Waals surface area contributed by atoms with Crippen molar-refractivity contribution in [1.29, 1.82) is 0 Å². The molecule has 0 heterocycles. The number of benzene rings is 2. The molecule has 0 saturated carbocycles. The Morgan fingerprint density at radius 2 is 1.35 bits per heavy atom. The number of rotatable bonds is 5. The fourth-order valence-electron chi connectivity index (χ4n) is 2.69. The minimum atomic E-state index is -0.364. The van der Waals surface area contributed by atoms with Gasteiger partial charge in [0.2, 0.25) is 0 Å². The quantitative estimate of drug-likeness (QED) is 0.684. The van der Waals surface area contributed by atoms with Gasteiger partial charge in [0.15, 0.2) is 0 Å². The number of hydrogen-bond acceptors (Lipinski definition) is 1. The maximum Gasteiger partial charge on any atom is 0.113 e. The van der Waals surface area contributed by atoms with Crippen LogP contribution in [0.3, 0.4) is 0 Å². The molecule has 0 aliphatic heterocycles. The highest BCUT2D eigenvalue weighted by molar-refractivity contribution is 5.71. The van der Waals surface area contributed by atoms with Crippen LogP contribution in [0.2, 0.25) is 0 Å². The fourth-order valence-corrected chi connectivity index (χ4v) is 2.69. The number of nitrogens with zero attached hydrogens (tertiary/aromatic N) is 1. The van der Waals surface area contributed by atoms with Crippen molar-refractivity contribution in [2.75, 3.05) is 0 Å². The van der Waals surface area contributed by atoms with Crippen molar-refractivity contribution in [3.63, 3.8) is 0 Å². The fraction of sp³-hybridized carbons (Fsp3) is 0.211. The molecule has 0 aliphatic carbocycles. The molecule has 2 rings (SSSR count). The second-order valence-corrected chi connectivity index (χ2v) is 5.17. The third-order valence-corrected chi connectivity index (χ3v) is 3.65. The molecule has 2 aromatic rings. The topological polar surface area (TPSA) is 12.4 Å². The van der Waals surface area contributed by atoms with Crippen LogP contribution in [-0.4, -0.2) is 6.21 Å². The molecule has 0 unspecified atom stereocenters. The zero-order valence-electron chi connectivity index (χ0n) is 12.2. The van der Waals surface area contributed by atoms with Crippen LogP contribution in [0.25, 0.3) is 0 Å². The normalized spacial score (nSPS) is 11.9. The molecule has 0 aliphatic rings. The van der Waals surface area contributed by atoms with Crippen molar-refractivity contribution in [2.24, 2.45) is 10.9 Å². The summed E-state index contributed by atoms with van der Waals surface area (Å²) in [6.07, 6.45) is 3.54. The summed E-state index contributed by atoms with van der Waals surface area (Å²) in [7, 11) is 0. The first-order valence-corrected chi connectivity index (χ1v) is 6.99. The van der Waals surface area contributed by atoms with Crippen molar-refractivity contribution in [3.05, 3.63) is 84.4 Å². The Hall–Kier alpha value is -2.15. The molecule has 102 valence electrons. The minimum Gasteiger partial charge on any atom is -0.277 e. The Kier molecular flexibility index (Phi) is 4.52.